The Bertz CT molecular complexity index is 373. The van der Waals surface area contributed by atoms with E-state index < -0.39 is 29.6 Å². The van der Waals surface area contributed by atoms with Gasteiger partial charge in [-0.25, -0.2) is 4.79 Å². The number of carbonyl (C=O) groups excluding carboxylic acids is 2. The van der Waals surface area contributed by atoms with Crippen molar-refractivity contribution in [2.24, 2.45) is 5.73 Å². The lowest BCUT2D eigenvalue weighted by Crippen LogP contribution is -2.52. The van der Waals surface area contributed by atoms with Crippen LogP contribution in [-0.2, 0) is 14.3 Å². The first-order valence-electron chi connectivity index (χ1n) is 6.48. The van der Waals surface area contributed by atoms with Crippen LogP contribution >= 0.6 is 0 Å². The summed E-state index contributed by atoms with van der Waals surface area (Å²) in [5.74, 6) is -1.80. The van der Waals surface area contributed by atoms with Gasteiger partial charge in [0.1, 0.15) is 11.6 Å². The Morgan fingerprint density at radius 3 is 2.05 bits per heavy atom. The number of nitrogens with zero attached hydrogens (tertiary/aromatic N) is 1. The maximum absolute atomic E-state index is 12.1. The molecule has 0 aliphatic carbocycles. The van der Waals surface area contributed by atoms with Crippen molar-refractivity contribution in [3.63, 3.8) is 0 Å². The summed E-state index contributed by atoms with van der Waals surface area (Å²) in [6, 6.07) is -1.34. The number of hydrogen-bond acceptors (Lipinski definition) is 4. The molecular formula is C13H24N2O5. The van der Waals surface area contributed by atoms with Gasteiger partial charge in [-0.1, -0.05) is 0 Å². The van der Waals surface area contributed by atoms with E-state index in [9.17, 15) is 14.4 Å². The number of carbonyl (C=O) groups is 3. The standard InChI is InChI=1S/C13H24N2O5/c1-8(2)15(12(19)20-13(3,4)5)9(11(14)18)6-7-10(16)17/h8-9H,6-7H2,1-5H3,(H2,14,18)(H,16,17)/t9-/m1/s1. The summed E-state index contributed by atoms with van der Waals surface area (Å²) in [6.45, 7) is 8.54. The van der Waals surface area contributed by atoms with Crippen LogP contribution in [-0.4, -0.2) is 45.7 Å². The fourth-order valence-corrected chi connectivity index (χ4v) is 1.69. The van der Waals surface area contributed by atoms with Crippen LogP contribution in [0.5, 0.6) is 0 Å². The van der Waals surface area contributed by atoms with E-state index in [1.807, 2.05) is 0 Å². The highest BCUT2D eigenvalue weighted by Gasteiger charge is 2.33. The molecule has 0 aliphatic heterocycles. The second-order valence-corrected chi connectivity index (χ2v) is 5.83. The number of primary amides is 1. The number of nitrogens with two attached hydrogens (primary N) is 1. The predicted octanol–water partition coefficient (Wildman–Crippen LogP) is 1.35. The molecule has 0 saturated carbocycles. The highest BCUT2D eigenvalue weighted by Crippen LogP contribution is 2.17. The maximum atomic E-state index is 12.1. The number of amides is 2. The summed E-state index contributed by atoms with van der Waals surface area (Å²) in [5.41, 5.74) is 4.57. The zero-order valence-corrected chi connectivity index (χ0v) is 12.7. The molecule has 0 rings (SSSR count). The van der Waals surface area contributed by atoms with E-state index in [0.717, 1.165) is 0 Å². The van der Waals surface area contributed by atoms with Gasteiger partial charge in [-0.3, -0.25) is 14.5 Å². The van der Waals surface area contributed by atoms with Crippen LogP contribution in [0.1, 0.15) is 47.5 Å². The molecule has 7 nitrogen and oxygen atoms in total. The molecule has 2 amide bonds. The van der Waals surface area contributed by atoms with Crippen molar-refractivity contribution in [1.82, 2.24) is 4.90 Å². The van der Waals surface area contributed by atoms with Gasteiger partial charge in [0.25, 0.3) is 0 Å². The first-order chi connectivity index (χ1) is 8.95. The number of carboxylic acids is 1. The number of rotatable bonds is 6. The number of aliphatic carboxylic acids is 1. The zero-order chi connectivity index (χ0) is 16.1. The lowest BCUT2D eigenvalue weighted by Gasteiger charge is -2.34. The maximum Gasteiger partial charge on any atom is 0.411 e. The van der Waals surface area contributed by atoms with Gasteiger partial charge in [-0.05, 0) is 41.0 Å². The van der Waals surface area contributed by atoms with E-state index in [-0.39, 0.29) is 18.9 Å². The van der Waals surface area contributed by atoms with Crippen LogP contribution in [0.4, 0.5) is 4.79 Å². The van der Waals surface area contributed by atoms with Crippen molar-refractivity contribution >= 4 is 18.0 Å². The average molecular weight is 288 g/mol. The minimum atomic E-state index is -1.05. The first kappa shape index (κ1) is 18.2. The topological polar surface area (TPSA) is 110 Å². The lowest BCUT2D eigenvalue weighted by molar-refractivity contribution is -0.137. The van der Waals surface area contributed by atoms with Crippen LogP contribution < -0.4 is 5.73 Å². The minimum absolute atomic E-state index is 0.0396. The normalized spacial score (nSPS) is 12.9. The molecule has 7 heteroatoms. The Balaban J connectivity index is 5.13. The summed E-state index contributed by atoms with van der Waals surface area (Å²) in [6.07, 6.45) is -0.969. The second-order valence-electron chi connectivity index (χ2n) is 5.83. The van der Waals surface area contributed by atoms with Gasteiger partial charge in [-0.15, -0.1) is 0 Å². The molecule has 0 unspecified atom stereocenters. The van der Waals surface area contributed by atoms with E-state index in [1.54, 1.807) is 34.6 Å². The third kappa shape index (κ3) is 6.40. The van der Waals surface area contributed by atoms with Gasteiger partial charge < -0.3 is 15.6 Å². The SMILES string of the molecule is CC(C)N(C(=O)OC(C)(C)C)[C@H](CCC(=O)O)C(N)=O. The number of ether oxygens (including phenoxy) is 1. The monoisotopic (exact) mass is 288 g/mol. The van der Waals surface area contributed by atoms with Crippen LogP contribution in [0.2, 0.25) is 0 Å². The van der Waals surface area contributed by atoms with E-state index in [0.29, 0.717) is 0 Å². The summed E-state index contributed by atoms with van der Waals surface area (Å²) >= 11 is 0. The quantitative estimate of drug-likeness (QED) is 0.766. The molecule has 0 aromatic heterocycles. The Kier molecular flexibility index (Phi) is 6.48. The molecule has 0 aliphatic rings. The van der Waals surface area contributed by atoms with Crippen molar-refractivity contribution in [3.8, 4) is 0 Å². The third-order valence-corrected chi connectivity index (χ3v) is 2.46. The Morgan fingerprint density at radius 2 is 1.75 bits per heavy atom. The van der Waals surface area contributed by atoms with Crippen molar-refractivity contribution < 1.29 is 24.2 Å². The molecule has 0 saturated heterocycles. The van der Waals surface area contributed by atoms with Gasteiger partial charge in [-0.2, -0.15) is 0 Å². The molecule has 1 atom stereocenters. The van der Waals surface area contributed by atoms with Crippen LogP contribution in [0.15, 0.2) is 0 Å². The Labute approximate surface area is 119 Å². The van der Waals surface area contributed by atoms with Crippen LogP contribution in [0.25, 0.3) is 0 Å². The van der Waals surface area contributed by atoms with E-state index in [4.69, 9.17) is 15.6 Å². The molecule has 0 fully saturated rings. The van der Waals surface area contributed by atoms with Gasteiger partial charge in [0.15, 0.2) is 0 Å². The zero-order valence-electron chi connectivity index (χ0n) is 12.7. The van der Waals surface area contributed by atoms with Crippen molar-refractivity contribution in [2.75, 3.05) is 0 Å². The van der Waals surface area contributed by atoms with Gasteiger partial charge >= 0.3 is 12.1 Å². The van der Waals surface area contributed by atoms with Crippen molar-refractivity contribution in [3.05, 3.63) is 0 Å². The van der Waals surface area contributed by atoms with E-state index >= 15 is 0 Å². The van der Waals surface area contributed by atoms with E-state index in [2.05, 4.69) is 0 Å². The molecular weight excluding hydrogens is 264 g/mol. The second kappa shape index (κ2) is 7.12. The first-order valence-corrected chi connectivity index (χ1v) is 6.48. The fourth-order valence-electron chi connectivity index (χ4n) is 1.69. The Morgan fingerprint density at radius 1 is 1.25 bits per heavy atom. The van der Waals surface area contributed by atoms with Crippen LogP contribution in [0.3, 0.4) is 0 Å². The molecule has 0 radical (unpaired) electrons. The minimum Gasteiger partial charge on any atom is -0.481 e. The summed E-state index contributed by atoms with van der Waals surface area (Å²) in [7, 11) is 0. The van der Waals surface area contributed by atoms with Crippen molar-refractivity contribution in [1.29, 1.82) is 0 Å². The number of carboxylic acid groups (broad SMARTS) is 1. The molecule has 0 aromatic rings. The summed E-state index contributed by atoms with van der Waals surface area (Å²) < 4.78 is 5.23. The largest absolute Gasteiger partial charge is 0.481 e. The third-order valence-electron chi connectivity index (χ3n) is 2.46. The van der Waals surface area contributed by atoms with Crippen LogP contribution in [0, 0.1) is 0 Å². The Hall–Kier alpha value is -1.79. The lowest BCUT2D eigenvalue weighted by atomic mass is 10.1. The summed E-state index contributed by atoms with van der Waals surface area (Å²) in [5, 5.41) is 8.70. The predicted molar refractivity (Wildman–Crippen MR) is 73.1 cm³/mol. The highest BCUT2D eigenvalue weighted by molar-refractivity contribution is 5.85. The van der Waals surface area contributed by atoms with E-state index in [1.165, 1.54) is 4.90 Å². The van der Waals surface area contributed by atoms with Gasteiger partial charge in [0.05, 0.1) is 0 Å². The molecule has 0 spiro atoms. The average Bonchev–Trinajstić information content (AvgIpc) is 2.19. The summed E-state index contributed by atoms with van der Waals surface area (Å²) in [4.78, 5) is 35.5. The fraction of sp³-hybridized carbons (Fsp3) is 0.769. The molecule has 116 valence electrons. The molecule has 0 bridgehead atoms. The smallest absolute Gasteiger partial charge is 0.411 e. The van der Waals surface area contributed by atoms with Gasteiger partial charge in [0, 0.05) is 12.5 Å². The van der Waals surface area contributed by atoms with Crippen molar-refractivity contribution in [2.45, 2.75) is 65.1 Å². The highest BCUT2D eigenvalue weighted by atomic mass is 16.6. The molecule has 0 aromatic carbocycles. The molecule has 3 N–H and O–H groups in total. The number of hydrogen-bond donors (Lipinski definition) is 2. The molecule has 0 heterocycles. The van der Waals surface area contributed by atoms with Gasteiger partial charge in [0.2, 0.25) is 5.91 Å². The molecule has 20 heavy (non-hydrogen) atoms.